The molecule has 9 heteroatoms. The molecule has 3 fully saturated rings. The number of aliphatic hydroxyl groups excluding tert-OH is 1. The minimum absolute atomic E-state index is 0.00308. The van der Waals surface area contributed by atoms with Gasteiger partial charge >= 0.3 is 17.9 Å². The molecule has 0 aromatic heterocycles. The van der Waals surface area contributed by atoms with E-state index >= 15 is 0 Å². The highest BCUT2D eigenvalue weighted by atomic mass is 16.6. The van der Waals surface area contributed by atoms with E-state index in [1.165, 1.54) is 31.2 Å². The average molecular weight is 565 g/mol. The van der Waals surface area contributed by atoms with Crippen molar-refractivity contribution in [3.05, 3.63) is 59.2 Å². The molecular weight excluding hydrogens is 528 g/mol. The highest BCUT2D eigenvalue weighted by Gasteiger charge is 2.71. The van der Waals surface area contributed by atoms with Crippen LogP contribution in [-0.4, -0.2) is 58.0 Å². The van der Waals surface area contributed by atoms with Crippen LogP contribution in [0.1, 0.15) is 74.1 Å². The standard InChI is InChI=1S/C32H36O9/c1-17-13-22-23-10-12-32(26(36)16-40-18(2)33,41-29(39)20-7-5-19(6-8-20)28(37)38)31(23,4)15-25(35)27(22)30(3)11-9-21(34)14-24(17)30/h5-9,11,14,17,22-23,25,27,35H,10,12-13,15-16H2,1-4H3,(H,37,38)/t17-,22-,23-,25-,27+,30-,31-,32-/m0/s1. The Kier molecular flexibility index (Phi) is 7.09. The monoisotopic (exact) mass is 564 g/mol. The fraction of sp³-hybridized carbons (Fsp3) is 0.531. The van der Waals surface area contributed by atoms with Gasteiger partial charge in [0.2, 0.25) is 5.78 Å². The number of aliphatic hydroxyl groups is 1. The van der Waals surface area contributed by atoms with Gasteiger partial charge in [0.25, 0.3) is 0 Å². The predicted molar refractivity (Wildman–Crippen MR) is 146 cm³/mol. The Balaban J connectivity index is 1.54. The summed E-state index contributed by atoms with van der Waals surface area (Å²) in [5, 5.41) is 21.0. The highest BCUT2D eigenvalue weighted by Crippen LogP contribution is 2.68. The number of hydrogen-bond donors (Lipinski definition) is 2. The Labute approximate surface area is 238 Å². The van der Waals surface area contributed by atoms with Gasteiger partial charge in [0.15, 0.2) is 18.0 Å². The van der Waals surface area contributed by atoms with Crippen LogP contribution in [0.5, 0.6) is 0 Å². The molecule has 0 amide bonds. The van der Waals surface area contributed by atoms with E-state index in [0.29, 0.717) is 12.8 Å². The summed E-state index contributed by atoms with van der Waals surface area (Å²) in [4.78, 5) is 62.6. The second-order valence-electron chi connectivity index (χ2n) is 12.6. The van der Waals surface area contributed by atoms with Crippen LogP contribution in [0.3, 0.4) is 0 Å². The maximum Gasteiger partial charge on any atom is 0.339 e. The van der Waals surface area contributed by atoms with E-state index in [0.717, 1.165) is 5.57 Å². The molecule has 1 aromatic rings. The average Bonchev–Trinajstić information content (AvgIpc) is 3.20. The van der Waals surface area contributed by atoms with E-state index in [1.54, 1.807) is 12.2 Å². The van der Waals surface area contributed by atoms with Gasteiger partial charge < -0.3 is 19.7 Å². The quantitative estimate of drug-likeness (QED) is 0.491. The number of benzene rings is 1. The lowest BCUT2D eigenvalue weighted by Gasteiger charge is -2.61. The number of carboxylic acid groups (broad SMARTS) is 1. The summed E-state index contributed by atoms with van der Waals surface area (Å²) < 4.78 is 11.2. The number of esters is 2. The third-order valence-corrected chi connectivity index (χ3v) is 10.4. The maximum absolute atomic E-state index is 13.9. The van der Waals surface area contributed by atoms with E-state index in [9.17, 15) is 34.2 Å². The lowest BCUT2D eigenvalue weighted by Crippen LogP contribution is -2.63. The number of hydrogen-bond acceptors (Lipinski definition) is 8. The van der Waals surface area contributed by atoms with Crippen molar-refractivity contribution in [2.24, 2.45) is 34.5 Å². The molecule has 41 heavy (non-hydrogen) atoms. The Morgan fingerprint density at radius 2 is 1.73 bits per heavy atom. The molecule has 4 aliphatic rings. The number of fused-ring (bicyclic) bond motifs is 5. The number of rotatable bonds is 6. The van der Waals surface area contributed by atoms with Crippen LogP contribution in [0.25, 0.3) is 0 Å². The summed E-state index contributed by atoms with van der Waals surface area (Å²) in [6, 6.07) is 5.26. The first-order chi connectivity index (χ1) is 19.2. The summed E-state index contributed by atoms with van der Waals surface area (Å²) in [6.07, 6.45) is 5.97. The summed E-state index contributed by atoms with van der Waals surface area (Å²) in [5.41, 5.74) is -2.05. The predicted octanol–water partition coefficient (Wildman–Crippen LogP) is 3.94. The second-order valence-corrected chi connectivity index (χ2v) is 12.6. The molecule has 0 saturated heterocycles. The van der Waals surface area contributed by atoms with Gasteiger partial charge in [-0.25, -0.2) is 9.59 Å². The van der Waals surface area contributed by atoms with E-state index in [2.05, 4.69) is 13.8 Å². The maximum atomic E-state index is 13.9. The molecule has 0 heterocycles. The number of carboxylic acids is 1. The molecule has 2 N–H and O–H groups in total. The summed E-state index contributed by atoms with van der Waals surface area (Å²) in [7, 11) is 0. The van der Waals surface area contributed by atoms with Gasteiger partial charge in [0.1, 0.15) is 0 Å². The van der Waals surface area contributed by atoms with Crippen molar-refractivity contribution in [1.29, 1.82) is 0 Å². The lowest BCUT2D eigenvalue weighted by molar-refractivity contribution is -0.183. The Hall–Kier alpha value is -3.59. The number of aromatic carboxylic acids is 1. The van der Waals surface area contributed by atoms with Crippen molar-refractivity contribution in [3.63, 3.8) is 0 Å². The highest BCUT2D eigenvalue weighted by molar-refractivity contribution is 6.01. The van der Waals surface area contributed by atoms with Gasteiger partial charge in [-0.3, -0.25) is 14.4 Å². The van der Waals surface area contributed by atoms with Crippen molar-refractivity contribution in [3.8, 4) is 0 Å². The molecule has 0 aliphatic heterocycles. The molecule has 0 bridgehead atoms. The summed E-state index contributed by atoms with van der Waals surface area (Å²) in [6.45, 7) is 6.66. The summed E-state index contributed by atoms with van der Waals surface area (Å²) >= 11 is 0. The molecule has 0 spiro atoms. The van der Waals surface area contributed by atoms with E-state index < -0.39 is 52.8 Å². The molecule has 0 unspecified atom stereocenters. The van der Waals surface area contributed by atoms with Crippen molar-refractivity contribution < 1.29 is 43.7 Å². The van der Waals surface area contributed by atoms with Crippen molar-refractivity contribution in [1.82, 2.24) is 0 Å². The number of ketones is 2. The van der Waals surface area contributed by atoms with Crippen LogP contribution < -0.4 is 0 Å². The van der Waals surface area contributed by atoms with Gasteiger partial charge in [-0.15, -0.1) is 0 Å². The molecule has 4 aliphatic carbocycles. The van der Waals surface area contributed by atoms with E-state index in [4.69, 9.17) is 9.47 Å². The van der Waals surface area contributed by atoms with Gasteiger partial charge in [-0.05, 0) is 79.9 Å². The van der Waals surface area contributed by atoms with Crippen LogP contribution in [0.4, 0.5) is 0 Å². The zero-order valence-electron chi connectivity index (χ0n) is 23.7. The van der Waals surface area contributed by atoms with Gasteiger partial charge in [-0.1, -0.05) is 32.4 Å². The molecule has 0 radical (unpaired) electrons. The van der Waals surface area contributed by atoms with Crippen LogP contribution in [0.15, 0.2) is 48.1 Å². The van der Waals surface area contributed by atoms with Gasteiger partial charge in [0, 0.05) is 23.7 Å². The summed E-state index contributed by atoms with van der Waals surface area (Å²) in [5.74, 6) is -3.39. The number of allylic oxidation sites excluding steroid dienone is 4. The zero-order valence-corrected chi connectivity index (χ0v) is 23.7. The largest absolute Gasteiger partial charge is 0.478 e. The number of ether oxygens (including phenoxy) is 2. The molecule has 218 valence electrons. The first kappa shape index (κ1) is 28.9. The number of carbonyl (C=O) groups is 5. The van der Waals surface area contributed by atoms with Crippen molar-refractivity contribution >= 4 is 29.5 Å². The third-order valence-electron chi connectivity index (χ3n) is 10.4. The van der Waals surface area contributed by atoms with Crippen molar-refractivity contribution in [2.45, 2.75) is 65.1 Å². The first-order valence-corrected chi connectivity index (χ1v) is 14.1. The molecule has 1 aromatic carbocycles. The third kappa shape index (κ3) is 4.45. The fourth-order valence-corrected chi connectivity index (χ4v) is 8.67. The first-order valence-electron chi connectivity index (χ1n) is 14.1. The second kappa shape index (κ2) is 10.0. The van der Waals surface area contributed by atoms with Crippen LogP contribution in [0.2, 0.25) is 0 Å². The molecule has 5 rings (SSSR count). The lowest BCUT2D eigenvalue weighted by atomic mass is 9.44. The van der Waals surface area contributed by atoms with E-state index in [-0.39, 0.29) is 53.4 Å². The Morgan fingerprint density at radius 1 is 1.07 bits per heavy atom. The van der Waals surface area contributed by atoms with Gasteiger partial charge in [-0.2, -0.15) is 0 Å². The molecular formula is C32H36O9. The fourth-order valence-electron chi connectivity index (χ4n) is 8.67. The minimum atomic E-state index is -1.67. The smallest absolute Gasteiger partial charge is 0.339 e. The van der Waals surface area contributed by atoms with Crippen LogP contribution in [-0.2, 0) is 23.9 Å². The normalized spacial score (nSPS) is 37.2. The Bertz CT molecular complexity index is 1370. The zero-order chi connectivity index (χ0) is 29.9. The van der Waals surface area contributed by atoms with E-state index in [1.807, 2.05) is 13.0 Å². The molecule has 9 nitrogen and oxygen atoms in total. The van der Waals surface area contributed by atoms with Gasteiger partial charge in [0.05, 0.1) is 17.2 Å². The molecule has 8 atom stereocenters. The number of Topliss-reactive ketones (excluding diaryl/α,β-unsaturated/α-hetero) is 1. The SMILES string of the molecule is CC(=O)OCC(=O)[C@@]1(OC(=O)c2ccc(C(=O)O)cc2)CC[C@H]2[C@@H]3C[C@H](C)C4=CC(=O)C=C[C@]4(C)[C@H]3[C@@H](O)C[C@@]21C. The van der Waals surface area contributed by atoms with Crippen molar-refractivity contribution in [2.75, 3.05) is 6.61 Å². The van der Waals surface area contributed by atoms with Crippen LogP contribution >= 0.6 is 0 Å². The topological polar surface area (TPSA) is 144 Å². The minimum Gasteiger partial charge on any atom is -0.478 e. The van der Waals surface area contributed by atoms with Crippen LogP contribution in [0, 0.1) is 34.5 Å². The number of carbonyl (C=O) groups excluding carboxylic acids is 4. The molecule has 3 saturated carbocycles. The Morgan fingerprint density at radius 3 is 2.37 bits per heavy atom.